The van der Waals surface area contributed by atoms with Crippen LogP contribution in [0.2, 0.25) is 0 Å². The molecule has 42 valence electrons. The summed E-state index contributed by atoms with van der Waals surface area (Å²) in [6, 6.07) is 0. The van der Waals surface area contributed by atoms with Crippen LogP contribution in [0.1, 0.15) is 26.2 Å². The third-order valence-electron chi connectivity index (χ3n) is 1.69. The van der Waals surface area contributed by atoms with E-state index in [-0.39, 0.29) is 5.54 Å². The maximum atomic E-state index is 11.6. The van der Waals surface area contributed by atoms with Crippen molar-refractivity contribution in [2.45, 2.75) is 31.7 Å². The van der Waals surface area contributed by atoms with Crippen molar-refractivity contribution in [2.75, 3.05) is 0 Å². The lowest BCUT2D eigenvalue weighted by Gasteiger charge is -2.35. The molecular formula is C5H10FN. The summed E-state index contributed by atoms with van der Waals surface area (Å²) in [5, 5.41) is 0. The van der Waals surface area contributed by atoms with E-state index in [0.29, 0.717) is 0 Å². The van der Waals surface area contributed by atoms with Crippen LogP contribution in [0.3, 0.4) is 0 Å². The van der Waals surface area contributed by atoms with Crippen LogP contribution in [0.25, 0.3) is 0 Å². The molecule has 0 unspecified atom stereocenters. The lowest BCUT2D eigenvalue weighted by atomic mass is 9.80. The molecule has 0 aliphatic heterocycles. The zero-order valence-electron chi connectivity index (χ0n) is 4.50. The van der Waals surface area contributed by atoms with Gasteiger partial charge in [-0.05, 0) is 26.2 Å². The van der Waals surface area contributed by atoms with Crippen molar-refractivity contribution < 1.29 is 4.48 Å². The van der Waals surface area contributed by atoms with Gasteiger partial charge in [-0.2, -0.15) is 5.54 Å². The van der Waals surface area contributed by atoms with E-state index in [1.165, 1.54) is 6.42 Å². The number of nitrogens with one attached hydrogen (secondary N) is 1. The van der Waals surface area contributed by atoms with E-state index < -0.39 is 0 Å². The molecule has 0 saturated heterocycles. The van der Waals surface area contributed by atoms with Crippen molar-refractivity contribution in [2.24, 2.45) is 0 Å². The molecule has 2 heteroatoms. The quantitative estimate of drug-likeness (QED) is 0.495. The lowest BCUT2D eigenvalue weighted by molar-refractivity contribution is 0.105. The Labute approximate surface area is 42.8 Å². The molecule has 1 aliphatic rings. The van der Waals surface area contributed by atoms with E-state index in [1.54, 1.807) is 5.54 Å². The standard InChI is InChI=1S/C5H10FN/c1-5(7-6)3-2-4-5/h7H,2-4H2,1H3. The van der Waals surface area contributed by atoms with Crippen LogP contribution in [0.5, 0.6) is 0 Å². The fourth-order valence-electron chi connectivity index (χ4n) is 0.802. The molecule has 0 heterocycles. The second-order valence-electron chi connectivity index (χ2n) is 2.51. The van der Waals surface area contributed by atoms with Gasteiger partial charge in [0.15, 0.2) is 0 Å². The predicted molar refractivity (Wildman–Crippen MR) is 26.5 cm³/mol. The minimum Gasteiger partial charge on any atom is -0.153 e. The smallest absolute Gasteiger partial charge is 0.0454 e. The Kier molecular flexibility index (Phi) is 1.04. The molecule has 0 bridgehead atoms. The first kappa shape index (κ1) is 5.04. The van der Waals surface area contributed by atoms with Crippen molar-refractivity contribution in [3.63, 3.8) is 0 Å². The zero-order valence-corrected chi connectivity index (χ0v) is 4.50. The summed E-state index contributed by atoms with van der Waals surface area (Å²) in [5.74, 6) is 0. The van der Waals surface area contributed by atoms with Gasteiger partial charge < -0.3 is 0 Å². The fraction of sp³-hybridized carbons (Fsp3) is 1.00. The van der Waals surface area contributed by atoms with E-state index in [9.17, 15) is 4.48 Å². The number of halogens is 1. The molecule has 0 aromatic rings. The molecule has 0 aromatic carbocycles. The van der Waals surface area contributed by atoms with Crippen LogP contribution in [-0.4, -0.2) is 5.54 Å². The molecule has 1 nitrogen and oxygen atoms in total. The molecule has 1 rings (SSSR count). The number of hydrogen-bond acceptors (Lipinski definition) is 1. The van der Waals surface area contributed by atoms with Gasteiger partial charge in [0.1, 0.15) is 0 Å². The van der Waals surface area contributed by atoms with Gasteiger partial charge in [-0.3, -0.25) is 0 Å². The van der Waals surface area contributed by atoms with Crippen LogP contribution >= 0.6 is 0 Å². The second kappa shape index (κ2) is 1.44. The highest BCUT2D eigenvalue weighted by Crippen LogP contribution is 2.30. The number of hydrogen-bond donors (Lipinski definition) is 1. The summed E-state index contributed by atoms with van der Waals surface area (Å²) >= 11 is 0. The Morgan fingerprint density at radius 1 is 1.57 bits per heavy atom. The summed E-state index contributed by atoms with van der Waals surface area (Å²) < 4.78 is 11.6. The summed E-state index contributed by atoms with van der Waals surface area (Å²) in [6.45, 7) is 1.90. The molecule has 0 aromatic heterocycles. The van der Waals surface area contributed by atoms with Gasteiger partial charge in [0.25, 0.3) is 0 Å². The highest BCUT2D eigenvalue weighted by atomic mass is 19.2. The van der Waals surface area contributed by atoms with Gasteiger partial charge in [-0.25, -0.2) is 0 Å². The normalized spacial score (nSPS) is 26.6. The van der Waals surface area contributed by atoms with Gasteiger partial charge in [0, 0.05) is 5.54 Å². The van der Waals surface area contributed by atoms with Crippen molar-refractivity contribution >= 4 is 0 Å². The molecule has 1 fully saturated rings. The van der Waals surface area contributed by atoms with Crippen molar-refractivity contribution in [1.29, 1.82) is 0 Å². The van der Waals surface area contributed by atoms with Crippen LogP contribution in [0, 0.1) is 0 Å². The largest absolute Gasteiger partial charge is 0.153 e. The Bertz CT molecular complexity index is 63.0. The van der Waals surface area contributed by atoms with Crippen LogP contribution in [0.15, 0.2) is 0 Å². The summed E-state index contributed by atoms with van der Waals surface area (Å²) in [5.41, 5.74) is 1.63. The van der Waals surface area contributed by atoms with Crippen molar-refractivity contribution in [3.05, 3.63) is 0 Å². The first-order valence-corrected chi connectivity index (χ1v) is 2.65. The predicted octanol–water partition coefficient (Wildman–Crippen LogP) is 1.40. The fourth-order valence-corrected chi connectivity index (χ4v) is 0.802. The highest BCUT2D eigenvalue weighted by molar-refractivity contribution is 4.88. The molecule has 0 radical (unpaired) electrons. The molecule has 7 heavy (non-hydrogen) atoms. The average Bonchev–Trinajstić information content (AvgIpc) is 1.61. The van der Waals surface area contributed by atoms with Crippen LogP contribution < -0.4 is 5.54 Å². The topological polar surface area (TPSA) is 12.0 Å². The van der Waals surface area contributed by atoms with Gasteiger partial charge in [-0.1, -0.05) is 0 Å². The molecule has 1 aliphatic carbocycles. The third-order valence-corrected chi connectivity index (χ3v) is 1.69. The van der Waals surface area contributed by atoms with Crippen molar-refractivity contribution in [1.82, 2.24) is 5.54 Å². The second-order valence-corrected chi connectivity index (χ2v) is 2.51. The summed E-state index contributed by atoms with van der Waals surface area (Å²) in [4.78, 5) is 0. The highest BCUT2D eigenvalue weighted by Gasteiger charge is 2.31. The van der Waals surface area contributed by atoms with Crippen LogP contribution in [0.4, 0.5) is 4.48 Å². The van der Waals surface area contributed by atoms with Crippen molar-refractivity contribution in [3.8, 4) is 0 Å². The molecule has 0 amide bonds. The Morgan fingerprint density at radius 3 is 2.14 bits per heavy atom. The van der Waals surface area contributed by atoms with Gasteiger partial charge in [-0.15, -0.1) is 4.48 Å². The Hall–Kier alpha value is -0.110. The summed E-state index contributed by atoms with van der Waals surface area (Å²) in [6.07, 6.45) is 3.15. The van der Waals surface area contributed by atoms with E-state index in [2.05, 4.69) is 0 Å². The SMILES string of the molecule is CC1(NF)CCC1. The Morgan fingerprint density at radius 2 is 2.14 bits per heavy atom. The van der Waals surface area contributed by atoms with Gasteiger partial charge in [0.05, 0.1) is 0 Å². The first-order valence-electron chi connectivity index (χ1n) is 2.65. The van der Waals surface area contributed by atoms with E-state index in [1.807, 2.05) is 6.92 Å². The minimum atomic E-state index is -0.153. The Balaban J connectivity index is 2.29. The summed E-state index contributed by atoms with van der Waals surface area (Å²) in [7, 11) is 0. The minimum absolute atomic E-state index is 0.153. The van der Waals surface area contributed by atoms with E-state index in [0.717, 1.165) is 12.8 Å². The maximum Gasteiger partial charge on any atom is 0.0454 e. The number of rotatable bonds is 1. The van der Waals surface area contributed by atoms with Gasteiger partial charge in [0.2, 0.25) is 0 Å². The van der Waals surface area contributed by atoms with Gasteiger partial charge >= 0.3 is 0 Å². The molecule has 1 N–H and O–H groups in total. The molecular weight excluding hydrogens is 93.1 g/mol. The van der Waals surface area contributed by atoms with Crippen LogP contribution in [-0.2, 0) is 0 Å². The molecule has 1 saturated carbocycles. The van der Waals surface area contributed by atoms with E-state index >= 15 is 0 Å². The molecule has 0 spiro atoms. The molecule has 0 atom stereocenters. The first-order chi connectivity index (χ1) is 3.27. The monoisotopic (exact) mass is 103 g/mol. The third kappa shape index (κ3) is 0.752. The average molecular weight is 103 g/mol. The van der Waals surface area contributed by atoms with E-state index in [4.69, 9.17) is 0 Å². The maximum absolute atomic E-state index is 11.6. The lowest BCUT2D eigenvalue weighted by Crippen LogP contribution is -2.43. The zero-order chi connectivity index (χ0) is 5.33.